The van der Waals surface area contributed by atoms with Gasteiger partial charge in [0, 0.05) is 25.7 Å². The van der Waals surface area contributed by atoms with Gasteiger partial charge in [-0.2, -0.15) is 0 Å². The van der Waals surface area contributed by atoms with Crippen LogP contribution in [-0.4, -0.2) is 59.6 Å². The summed E-state index contributed by atoms with van der Waals surface area (Å²) < 4.78 is 5.47. The van der Waals surface area contributed by atoms with Gasteiger partial charge in [-0.3, -0.25) is 14.6 Å². The minimum Gasteiger partial charge on any atom is -0.459 e. The zero-order valence-electron chi connectivity index (χ0n) is 12.1. The Morgan fingerprint density at radius 2 is 2.00 bits per heavy atom. The highest BCUT2D eigenvalue weighted by Crippen LogP contribution is 2.23. The largest absolute Gasteiger partial charge is 0.459 e. The zero-order valence-corrected chi connectivity index (χ0v) is 12.1. The van der Waals surface area contributed by atoms with E-state index in [9.17, 15) is 4.79 Å². The molecule has 2 aliphatic rings. The maximum Gasteiger partial charge on any atom is 0.323 e. The number of esters is 1. The van der Waals surface area contributed by atoms with Gasteiger partial charge in [0.05, 0.1) is 0 Å². The predicted molar refractivity (Wildman–Crippen MR) is 71.5 cm³/mol. The van der Waals surface area contributed by atoms with Gasteiger partial charge in [0.2, 0.25) is 0 Å². The van der Waals surface area contributed by atoms with Crippen molar-refractivity contribution in [3.8, 4) is 0 Å². The summed E-state index contributed by atoms with van der Waals surface area (Å²) in [4.78, 5) is 16.9. The van der Waals surface area contributed by atoms with Crippen LogP contribution >= 0.6 is 0 Å². The fraction of sp³-hybridized carbons (Fsp3) is 0.929. The van der Waals surface area contributed by atoms with E-state index < -0.39 is 0 Å². The average molecular weight is 254 g/mol. The lowest BCUT2D eigenvalue weighted by Gasteiger charge is -2.40. The number of ether oxygens (including phenoxy) is 1. The summed E-state index contributed by atoms with van der Waals surface area (Å²) in [6.07, 6.45) is 2.58. The Bertz CT molecular complexity index is 311. The van der Waals surface area contributed by atoms with Crippen molar-refractivity contribution in [2.24, 2.45) is 0 Å². The van der Waals surface area contributed by atoms with Crippen molar-refractivity contribution in [3.05, 3.63) is 0 Å². The van der Waals surface area contributed by atoms with Crippen LogP contribution in [0.25, 0.3) is 0 Å². The molecule has 0 N–H and O–H groups in total. The maximum absolute atomic E-state index is 12.1. The Morgan fingerprint density at radius 1 is 1.28 bits per heavy atom. The number of piperazine rings is 1. The molecule has 0 bridgehead atoms. The Labute approximate surface area is 110 Å². The molecule has 0 amide bonds. The summed E-state index contributed by atoms with van der Waals surface area (Å²) >= 11 is 0. The lowest BCUT2D eigenvalue weighted by atomic mass is 10.1. The molecule has 0 saturated carbocycles. The minimum atomic E-state index is -0.388. The monoisotopic (exact) mass is 254 g/mol. The molecule has 0 aromatic heterocycles. The molecule has 0 aliphatic carbocycles. The third-order valence-electron chi connectivity index (χ3n) is 3.91. The Balaban J connectivity index is 1.89. The van der Waals surface area contributed by atoms with Crippen LogP contribution in [0, 0.1) is 0 Å². The fourth-order valence-electron chi connectivity index (χ4n) is 2.90. The number of hydrogen-bond donors (Lipinski definition) is 0. The second-order valence-electron chi connectivity index (χ2n) is 6.54. The van der Waals surface area contributed by atoms with Crippen LogP contribution in [0.2, 0.25) is 0 Å². The molecule has 2 unspecified atom stereocenters. The highest BCUT2D eigenvalue weighted by molar-refractivity contribution is 5.75. The van der Waals surface area contributed by atoms with Crippen molar-refractivity contribution in [1.29, 1.82) is 0 Å². The highest BCUT2D eigenvalue weighted by atomic mass is 16.6. The van der Waals surface area contributed by atoms with E-state index in [0.29, 0.717) is 6.04 Å². The van der Waals surface area contributed by atoms with E-state index in [1.165, 1.54) is 19.4 Å². The van der Waals surface area contributed by atoms with Gasteiger partial charge < -0.3 is 4.74 Å². The molecule has 0 aromatic rings. The normalized spacial score (nSPS) is 27.9. The number of nitrogens with zero attached hydrogens (tertiary/aromatic N) is 2. The molecule has 18 heavy (non-hydrogen) atoms. The summed E-state index contributed by atoms with van der Waals surface area (Å²) in [5, 5.41) is 0. The molecule has 2 rings (SSSR count). The molecule has 2 saturated heterocycles. The summed E-state index contributed by atoms with van der Waals surface area (Å²) in [6, 6.07) is 0.538. The molecule has 4 heteroatoms. The summed E-state index contributed by atoms with van der Waals surface area (Å²) in [5.41, 5.74) is -0.388. The number of fused-ring (bicyclic) bond motifs is 1. The first kappa shape index (κ1) is 13.8. The topological polar surface area (TPSA) is 32.8 Å². The molecular formula is C14H26N2O2. The van der Waals surface area contributed by atoms with Crippen molar-refractivity contribution in [1.82, 2.24) is 9.80 Å². The van der Waals surface area contributed by atoms with Crippen molar-refractivity contribution >= 4 is 5.97 Å². The molecule has 0 spiro atoms. The number of rotatable bonds is 2. The molecule has 0 radical (unpaired) electrons. The summed E-state index contributed by atoms with van der Waals surface area (Å²) in [7, 11) is 0. The van der Waals surface area contributed by atoms with E-state index in [2.05, 4.69) is 9.80 Å². The van der Waals surface area contributed by atoms with E-state index in [0.717, 1.165) is 19.6 Å². The van der Waals surface area contributed by atoms with Crippen LogP contribution < -0.4 is 0 Å². The average Bonchev–Trinajstić information content (AvgIpc) is 2.72. The van der Waals surface area contributed by atoms with E-state index in [-0.39, 0.29) is 17.6 Å². The van der Waals surface area contributed by atoms with Gasteiger partial charge in [0.15, 0.2) is 0 Å². The second kappa shape index (κ2) is 5.17. The Hall–Kier alpha value is -0.610. The van der Waals surface area contributed by atoms with E-state index >= 15 is 0 Å². The van der Waals surface area contributed by atoms with Gasteiger partial charge in [0.1, 0.15) is 11.6 Å². The summed E-state index contributed by atoms with van der Waals surface area (Å²) in [6.45, 7) is 12.1. The van der Waals surface area contributed by atoms with Gasteiger partial charge in [-0.1, -0.05) is 0 Å². The molecule has 4 nitrogen and oxygen atoms in total. The third kappa shape index (κ3) is 3.23. The first-order chi connectivity index (χ1) is 8.37. The van der Waals surface area contributed by atoms with Crippen LogP contribution in [-0.2, 0) is 9.53 Å². The van der Waals surface area contributed by atoms with Gasteiger partial charge in [-0.15, -0.1) is 0 Å². The van der Waals surface area contributed by atoms with Crippen LogP contribution in [0.4, 0.5) is 0 Å². The molecule has 2 heterocycles. The van der Waals surface area contributed by atoms with Crippen LogP contribution in [0.3, 0.4) is 0 Å². The maximum atomic E-state index is 12.1. The zero-order chi connectivity index (χ0) is 13.3. The molecule has 104 valence electrons. The third-order valence-corrected chi connectivity index (χ3v) is 3.91. The lowest BCUT2D eigenvalue weighted by Crippen LogP contribution is -2.55. The predicted octanol–water partition coefficient (Wildman–Crippen LogP) is 1.50. The Morgan fingerprint density at radius 3 is 2.67 bits per heavy atom. The summed E-state index contributed by atoms with van der Waals surface area (Å²) in [5.74, 6) is -0.0889. The van der Waals surface area contributed by atoms with Crippen molar-refractivity contribution < 1.29 is 9.53 Å². The van der Waals surface area contributed by atoms with Crippen LogP contribution in [0.1, 0.15) is 40.5 Å². The molecule has 2 fully saturated rings. The number of carbonyl (C=O) groups excluding carboxylic acids is 1. The van der Waals surface area contributed by atoms with Crippen molar-refractivity contribution in [2.45, 2.75) is 58.2 Å². The quantitative estimate of drug-likeness (QED) is 0.699. The van der Waals surface area contributed by atoms with Gasteiger partial charge >= 0.3 is 5.97 Å². The number of carbonyl (C=O) groups is 1. The van der Waals surface area contributed by atoms with Gasteiger partial charge in [-0.25, -0.2) is 0 Å². The Kier molecular flexibility index (Phi) is 3.97. The van der Waals surface area contributed by atoms with Crippen LogP contribution in [0.15, 0.2) is 0 Å². The molecular weight excluding hydrogens is 228 g/mol. The molecule has 2 aliphatic heterocycles. The SMILES string of the molecule is CC(C(=O)OC(C)(C)C)N1CCN2CCCC2C1. The standard InChI is InChI=1S/C14H26N2O2/c1-11(13(17)18-14(2,3)4)16-9-8-15-7-5-6-12(15)10-16/h11-12H,5-10H2,1-4H3. The first-order valence-corrected chi connectivity index (χ1v) is 7.08. The van der Waals surface area contributed by atoms with Crippen LogP contribution in [0.5, 0.6) is 0 Å². The van der Waals surface area contributed by atoms with E-state index in [1.807, 2.05) is 27.7 Å². The lowest BCUT2D eigenvalue weighted by molar-refractivity contribution is -0.161. The van der Waals surface area contributed by atoms with Gasteiger partial charge in [0.25, 0.3) is 0 Å². The second-order valence-corrected chi connectivity index (χ2v) is 6.54. The number of hydrogen-bond acceptors (Lipinski definition) is 4. The first-order valence-electron chi connectivity index (χ1n) is 7.08. The van der Waals surface area contributed by atoms with E-state index in [4.69, 9.17) is 4.74 Å². The van der Waals surface area contributed by atoms with E-state index in [1.54, 1.807) is 0 Å². The molecule has 2 atom stereocenters. The van der Waals surface area contributed by atoms with Crippen molar-refractivity contribution in [2.75, 3.05) is 26.2 Å². The van der Waals surface area contributed by atoms with Crippen molar-refractivity contribution in [3.63, 3.8) is 0 Å². The van der Waals surface area contributed by atoms with Gasteiger partial charge in [-0.05, 0) is 47.1 Å². The highest BCUT2D eigenvalue weighted by Gasteiger charge is 2.35. The molecule has 0 aromatic carbocycles. The minimum absolute atomic E-state index is 0.0889. The smallest absolute Gasteiger partial charge is 0.323 e. The fourth-order valence-corrected chi connectivity index (χ4v) is 2.90.